The van der Waals surface area contributed by atoms with Crippen molar-refractivity contribution in [2.45, 2.75) is 70.8 Å². The Morgan fingerprint density at radius 3 is 1.70 bits per heavy atom. The van der Waals surface area contributed by atoms with E-state index in [0.717, 1.165) is 73.0 Å². The average molecular weight is 637 g/mol. The molecule has 0 bridgehead atoms. The average Bonchev–Trinajstić information content (AvgIpc) is 3.06. The van der Waals surface area contributed by atoms with Gasteiger partial charge in [-0.2, -0.15) is 0 Å². The molecule has 0 saturated carbocycles. The van der Waals surface area contributed by atoms with Crippen LogP contribution in [-0.4, -0.2) is 58.9 Å². The van der Waals surface area contributed by atoms with E-state index in [2.05, 4.69) is 17.3 Å². The summed E-state index contributed by atoms with van der Waals surface area (Å²) in [6, 6.07) is 7.43. The van der Waals surface area contributed by atoms with Gasteiger partial charge in [0, 0.05) is 36.1 Å². The summed E-state index contributed by atoms with van der Waals surface area (Å²) in [7, 11) is 0. The summed E-state index contributed by atoms with van der Waals surface area (Å²) in [5.74, 6) is 8.01. The highest BCUT2D eigenvalue weighted by molar-refractivity contribution is 5.77. The van der Waals surface area contributed by atoms with Crippen LogP contribution in [0.25, 0.3) is 0 Å². The Hall–Kier alpha value is -3.77. The first kappa shape index (κ1) is 38.4. The minimum absolute atomic E-state index is 0.273. The van der Waals surface area contributed by atoms with Crippen molar-refractivity contribution < 1.29 is 28.6 Å². The zero-order valence-electron chi connectivity index (χ0n) is 27.2. The number of terminal acetylenes is 2. The fourth-order valence-corrected chi connectivity index (χ4v) is 4.53. The number of aldehydes is 1. The number of hydrogen-bond donors (Lipinski definition) is 4. The monoisotopic (exact) mass is 636 g/mol. The molecule has 252 valence electrons. The second-order valence-electron chi connectivity index (χ2n) is 10.7. The second kappa shape index (κ2) is 24.5. The fraction of sp³-hybridized carbons (Fsp3) is 0.528. The first-order valence-electron chi connectivity index (χ1n) is 16.2. The zero-order valence-corrected chi connectivity index (χ0v) is 27.2. The van der Waals surface area contributed by atoms with Crippen LogP contribution in [0.2, 0.25) is 0 Å². The van der Waals surface area contributed by atoms with Gasteiger partial charge >= 0.3 is 0 Å². The standard InChI is InChI=1S/C36H52N4O6/c1-3-5-7-9-20-43-36-26-30(25-35(31(36)13-10-15-37)42-19-8-6-4-2)28-46-40-18-14-32-33(44-21-11-16-38)23-29(27-41)24-34(32)45-22-12-17-39/h1-2,23-27,40H,5-22,28,37-39H2. The van der Waals surface area contributed by atoms with Gasteiger partial charge in [-0.1, -0.05) is 0 Å². The van der Waals surface area contributed by atoms with Crippen molar-refractivity contribution in [3.05, 3.63) is 46.5 Å². The Morgan fingerprint density at radius 1 is 0.652 bits per heavy atom. The number of nitrogens with two attached hydrogens (primary N) is 3. The van der Waals surface area contributed by atoms with Gasteiger partial charge in [0.1, 0.15) is 29.3 Å². The van der Waals surface area contributed by atoms with Crippen LogP contribution >= 0.6 is 0 Å². The van der Waals surface area contributed by atoms with Crippen LogP contribution in [0.4, 0.5) is 0 Å². The number of nitrogens with one attached hydrogen (secondary N) is 1. The number of hydroxylamine groups is 1. The van der Waals surface area contributed by atoms with Crippen LogP contribution in [0.1, 0.15) is 78.4 Å². The largest absolute Gasteiger partial charge is 0.493 e. The van der Waals surface area contributed by atoms with Crippen LogP contribution in [0.5, 0.6) is 23.0 Å². The molecule has 0 fully saturated rings. The molecule has 0 atom stereocenters. The molecule has 0 amide bonds. The molecule has 0 heterocycles. The molecular formula is C36H52N4O6. The summed E-state index contributed by atoms with van der Waals surface area (Å²) in [5.41, 5.74) is 23.4. The number of benzene rings is 2. The van der Waals surface area contributed by atoms with E-state index in [-0.39, 0.29) is 6.61 Å². The first-order chi connectivity index (χ1) is 22.6. The minimum Gasteiger partial charge on any atom is -0.493 e. The first-order valence-corrected chi connectivity index (χ1v) is 16.2. The third-order valence-corrected chi connectivity index (χ3v) is 6.91. The molecule has 0 aromatic heterocycles. The van der Waals surface area contributed by atoms with Gasteiger partial charge < -0.3 is 36.1 Å². The van der Waals surface area contributed by atoms with E-state index < -0.39 is 0 Å². The highest BCUT2D eigenvalue weighted by atomic mass is 16.6. The van der Waals surface area contributed by atoms with E-state index in [1.165, 1.54) is 0 Å². The van der Waals surface area contributed by atoms with Crippen LogP contribution in [0, 0.1) is 24.7 Å². The normalized spacial score (nSPS) is 10.6. The van der Waals surface area contributed by atoms with E-state index in [1.54, 1.807) is 12.1 Å². The summed E-state index contributed by atoms with van der Waals surface area (Å²) in [4.78, 5) is 17.5. The number of carbonyl (C=O) groups excluding carboxylic acids is 1. The van der Waals surface area contributed by atoms with Crippen LogP contribution in [-0.2, 0) is 24.3 Å². The van der Waals surface area contributed by atoms with Gasteiger partial charge in [0.15, 0.2) is 0 Å². The molecule has 0 unspecified atom stereocenters. The molecule has 0 radical (unpaired) electrons. The number of hydrogen-bond acceptors (Lipinski definition) is 10. The number of carbonyl (C=O) groups is 1. The predicted molar refractivity (Wildman–Crippen MR) is 182 cm³/mol. The molecule has 0 aliphatic carbocycles. The van der Waals surface area contributed by atoms with Gasteiger partial charge in [-0.3, -0.25) is 9.63 Å². The lowest BCUT2D eigenvalue weighted by Gasteiger charge is -2.19. The third kappa shape index (κ3) is 14.6. The molecule has 10 nitrogen and oxygen atoms in total. The Bertz CT molecular complexity index is 1210. The van der Waals surface area contributed by atoms with E-state index >= 15 is 0 Å². The van der Waals surface area contributed by atoms with Gasteiger partial charge in [0.25, 0.3) is 0 Å². The summed E-state index contributed by atoms with van der Waals surface area (Å²) in [5, 5.41) is 0. The summed E-state index contributed by atoms with van der Waals surface area (Å²) in [6.45, 7) is 4.21. The van der Waals surface area contributed by atoms with Crippen LogP contribution in [0.3, 0.4) is 0 Å². The SMILES string of the molecule is C#CCCCCOc1cc(CONCCc2c(OCCCN)cc(C=O)cc2OCCCN)cc(OCCCC#C)c1CCCN. The molecule has 10 heteroatoms. The molecule has 0 spiro atoms. The molecule has 0 saturated heterocycles. The summed E-state index contributed by atoms with van der Waals surface area (Å²) < 4.78 is 24.4. The third-order valence-electron chi connectivity index (χ3n) is 6.91. The van der Waals surface area contributed by atoms with E-state index in [9.17, 15) is 4.79 Å². The van der Waals surface area contributed by atoms with Crippen molar-refractivity contribution in [1.82, 2.24) is 5.48 Å². The van der Waals surface area contributed by atoms with Gasteiger partial charge in [-0.25, -0.2) is 5.48 Å². The molecule has 0 aliphatic heterocycles. The molecule has 2 aromatic rings. The van der Waals surface area contributed by atoms with E-state index in [4.69, 9.17) is 53.8 Å². The smallest absolute Gasteiger partial charge is 0.150 e. The topological polar surface area (TPSA) is 153 Å². The lowest BCUT2D eigenvalue weighted by molar-refractivity contribution is 0.0284. The van der Waals surface area contributed by atoms with Crippen molar-refractivity contribution in [1.29, 1.82) is 0 Å². The Kier molecular flexibility index (Phi) is 20.4. The van der Waals surface area contributed by atoms with Crippen molar-refractivity contribution >= 4 is 6.29 Å². The van der Waals surface area contributed by atoms with E-state index in [1.807, 2.05) is 12.1 Å². The Balaban J connectivity index is 2.17. The highest BCUT2D eigenvalue weighted by Crippen LogP contribution is 2.34. The molecule has 7 N–H and O–H groups in total. The maximum absolute atomic E-state index is 11.6. The summed E-state index contributed by atoms with van der Waals surface area (Å²) >= 11 is 0. The van der Waals surface area contributed by atoms with Gasteiger partial charge in [-0.15, -0.1) is 24.7 Å². The summed E-state index contributed by atoms with van der Waals surface area (Å²) in [6.07, 6.45) is 18.9. The van der Waals surface area contributed by atoms with Gasteiger partial charge in [-0.05, 0) is 101 Å². The molecule has 0 aliphatic rings. The van der Waals surface area contributed by atoms with Gasteiger partial charge in [0.05, 0.1) is 33.0 Å². The highest BCUT2D eigenvalue weighted by Gasteiger charge is 2.16. The lowest BCUT2D eigenvalue weighted by atomic mass is 10.0. The Labute approximate surface area is 274 Å². The zero-order chi connectivity index (χ0) is 33.2. The number of rotatable bonds is 27. The lowest BCUT2D eigenvalue weighted by Crippen LogP contribution is -2.19. The van der Waals surface area contributed by atoms with Crippen LogP contribution in [0.15, 0.2) is 24.3 Å². The maximum atomic E-state index is 11.6. The van der Waals surface area contributed by atoms with Gasteiger partial charge in [0.2, 0.25) is 0 Å². The number of unbranched alkanes of at least 4 members (excludes halogenated alkanes) is 3. The minimum atomic E-state index is 0.273. The fourth-order valence-electron chi connectivity index (χ4n) is 4.53. The van der Waals surface area contributed by atoms with Crippen molar-refractivity contribution in [2.24, 2.45) is 17.2 Å². The van der Waals surface area contributed by atoms with E-state index in [0.29, 0.717) is 95.4 Å². The predicted octanol–water partition coefficient (Wildman–Crippen LogP) is 4.08. The molecule has 2 aromatic carbocycles. The van der Waals surface area contributed by atoms with Crippen molar-refractivity contribution in [2.75, 3.05) is 52.6 Å². The van der Waals surface area contributed by atoms with Crippen molar-refractivity contribution in [3.63, 3.8) is 0 Å². The molecule has 2 rings (SSSR count). The maximum Gasteiger partial charge on any atom is 0.150 e. The van der Waals surface area contributed by atoms with Crippen molar-refractivity contribution in [3.8, 4) is 47.7 Å². The van der Waals surface area contributed by atoms with Crippen LogP contribution < -0.4 is 41.6 Å². The Morgan fingerprint density at radius 2 is 1.15 bits per heavy atom. The molecule has 46 heavy (non-hydrogen) atoms. The number of ether oxygens (including phenoxy) is 4. The second-order valence-corrected chi connectivity index (χ2v) is 10.7. The molecular weight excluding hydrogens is 584 g/mol. The quantitative estimate of drug-likeness (QED) is 0.0488.